The first kappa shape index (κ1) is 41.7. The predicted molar refractivity (Wildman–Crippen MR) is 228 cm³/mol. The maximum Gasteiger partial charge on any atom is 0.408 e. The lowest BCUT2D eigenvalue weighted by Crippen LogP contribution is -2.45. The van der Waals surface area contributed by atoms with Crippen molar-refractivity contribution in [1.29, 1.82) is 0 Å². The molecule has 12 heteroatoms. The number of carbonyl (C=O) groups excluding carboxylic acids is 2. The van der Waals surface area contributed by atoms with Gasteiger partial charge in [-0.15, -0.1) is 0 Å². The highest BCUT2D eigenvalue weighted by molar-refractivity contribution is 5.88. The summed E-state index contributed by atoms with van der Waals surface area (Å²) in [6.07, 6.45) is 4.22. The van der Waals surface area contributed by atoms with Crippen LogP contribution >= 0.6 is 0 Å². The Morgan fingerprint density at radius 3 is 2.34 bits per heavy atom. The molecule has 1 saturated carbocycles. The Kier molecular flexibility index (Phi) is 12.9. The molecule has 0 unspecified atom stereocenters. The van der Waals surface area contributed by atoms with Gasteiger partial charge in [-0.3, -0.25) is 19.1 Å². The average Bonchev–Trinajstić information content (AvgIpc) is 3.42. The maximum atomic E-state index is 14.7. The third-order valence-corrected chi connectivity index (χ3v) is 11.5. The van der Waals surface area contributed by atoms with Crippen LogP contribution in [0.4, 0.5) is 9.18 Å². The number of alkyl carbamates (subject to hydrolysis) is 1. The molecule has 1 aliphatic carbocycles. The van der Waals surface area contributed by atoms with Crippen molar-refractivity contribution < 1.29 is 18.7 Å². The molecule has 1 amide bonds. The van der Waals surface area contributed by atoms with Crippen LogP contribution in [-0.2, 0) is 22.5 Å². The second kappa shape index (κ2) is 18.2. The number of likely N-dealkylation sites (N-methyl/N-ethyl adjacent to an activating group) is 1. The molecule has 1 N–H and O–H groups in total. The van der Waals surface area contributed by atoms with E-state index < -0.39 is 40.8 Å². The van der Waals surface area contributed by atoms with Gasteiger partial charge in [-0.05, 0) is 126 Å². The number of amides is 1. The lowest BCUT2D eigenvalue weighted by molar-refractivity contribution is -0.122. The summed E-state index contributed by atoms with van der Waals surface area (Å²) >= 11 is 0. The number of aromatic nitrogens is 3. The molecule has 11 nitrogen and oxygen atoms in total. The molecule has 3 aromatic carbocycles. The number of ketones is 1. The molecule has 310 valence electrons. The highest BCUT2D eigenvalue weighted by atomic mass is 19.1. The molecular formula is C47H55FN6O5. The van der Waals surface area contributed by atoms with Gasteiger partial charge >= 0.3 is 11.8 Å². The quantitative estimate of drug-likeness (QED) is 0.148. The molecule has 0 bridgehead atoms. The molecule has 2 aliphatic rings. The maximum absolute atomic E-state index is 14.7. The Morgan fingerprint density at radius 2 is 1.61 bits per heavy atom. The van der Waals surface area contributed by atoms with E-state index >= 15 is 0 Å². The van der Waals surface area contributed by atoms with Crippen LogP contribution in [0.3, 0.4) is 0 Å². The van der Waals surface area contributed by atoms with Gasteiger partial charge in [-0.2, -0.15) is 0 Å². The second-order valence-corrected chi connectivity index (χ2v) is 17.2. The third-order valence-electron chi connectivity index (χ3n) is 11.5. The van der Waals surface area contributed by atoms with Gasteiger partial charge in [0.25, 0.3) is 5.56 Å². The lowest BCUT2D eigenvalue weighted by Gasteiger charge is -2.30. The SMILES string of the molecule is CN1CCCN(Cc2ccc(-c3cccc(-n4c(=O)n(C5CCC(CC(=O)[C@H](Cc6ccccc6)NC(=O)OC(C)(C)C)CC5)c(=O)c5cc(F)cnc54)c3)cc2)CC1. The van der Waals surface area contributed by atoms with Crippen LogP contribution in [-0.4, -0.2) is 80.7 Å². The normalized spacial score (nSPS) is 18.6. The van der Waals surface area contributed by atoms with Crippen LogP contribution in [0.5, 0.6) is 0 Å². The molecule has 5 aromatic rings. The van der Waals surface area contributed by atoms with E-state index in [1.165, 1.54) is 14.7 Å². The largest absolute Gasteiger partial charge is 0.444 e. The zero-order valence-electron chi connectivity index (χ0n) is 34.5. The van der Waals surface area contributed by atoms with Crippen LogP contribution in [0.15, 0.2) is 101 Å². The van der Waals surface area contributed by atoms with E-state index in [1.54, 1.807) is 26.8 Å². The summed E-state index contributed by atoms with van der Waals surface area (Å²) in [5.74, 6) is -0.779. The summed E-state index contributed by atoms with van der Waals surface area (Å²) in [7, 11) is 2.17. The second-order valence-electron chi connectivity index (χ2n) is 17.2. The van der Waals surface area contributed by atoms with Crippen molar-refractivity contribution in [3.05, 3.63) is 129 Å². The van der Waals surface area contributed by atoms with Gasteiger partial charge in [0.15, 0.2) is 11.4 Å². The molecule has 0 spiro atoms. The van der Waals surface area contributed by atoms with E-state index in [1.807, 2.05) is 48.5 Å². The molecule has 3 heterocycles. The van der Waals surface area contributed by atoms with Crippen molar-refractivity contribution in [2.24, 2.45) is 5.92 Å². The summed E-state index contributed by atoms with van der Waals surface area (Å²) in [6, 6.07) is 25.5. The molecule has 2 fully saturated rings. The molecule has 1 saturated heterocycles. The summed E-state index contributed by atoms with van der Waals surface area (Å²) in [4.78, 5) is 64.2. The van der Waals surface area contributed by atoms with Crippen molar-refractivity contribution in [3.63, 3.8) is 0 Å². The van der Waals surface area contributed by atoms with Gasteiger partial charge in [0.2, 0.25) is 0 Å². The molecule has 1 aliphatic heterocycles. The number of ether oxygens (including phenoxy) is 1. The van der Waals surface area contributed by atoms with E-state index in [9.17, 15) is 23.6 Å². The fourth-order valence-electron chi connectivity index (χ4n) is 8.46. The van der Waals surface area contributed by atoms with Gasteiger partial charge in [0, 0.05) is 32.1 Å². The molecular weight excluding hydrogens is 748 g/mol. The highest BCUT2D eigenvalue weighted by Crippen LogP contribution is 2.34. The highest BCUT2D eigenvalue weighted by Gasteiger charge is 2.31. The van der Waals surface area contributed by atoms with Crippen molar-refractivity contribution in [2.45, 2.75) is 89.9 Å². The minimum Gasteiger partial charge on any atom is -0.444 e. The first-order valence-corrected chi connectivity index (χ1v) is 20.8. The van der Waals surface area contributed by atoms with Crippen molar-refractivity contribution >= 4 is 22.9 Å². The van der Waals surface area contributed by atoms with E-state index in [2.05, 4.69) is 51.4 Å². The summed E-state index contributed by atoms with van der Waals surface area (Å²) in [5, 5.41) is 2.82. The summed E-state index contributed by atoms with van der Waals surface area (Å²) in [5.41, 5.74) is 2.79. The van der Waals surface area contributed by atoms with Gasteiger partial charge in [-0.25, -0.2) is 23.5 Å². The number of hydrogen-bond donors (Lipinski definition) is 1. The summed E-state index contributed by atoms with van der Waals surface area (Å²) < 4.78 is 22.8. The number of pyridine rings is 1. The van der Waals surface area contributed by atoms with Crippen molar-refractivity contribution in [3.8, 4) is 16.8 Å². The van der Waals surface area contributed by atoms with Crippen molar-refractivity contribution in [2.75, 3.05) is 33.2 Å². The molecule has 1 atom stereocenters. The van der Waals surface area contributed by atoms with Crippen LogP contribution in [0.2, 0.25) is 0 Å². The standard InChI is InChI=1S/C47H55FN6O5/c1-47(2,3)59-45(57)50-41(26-32-10-6-5-7-11-32)42(55)27-33-16-20-38(21-17-33)54-44(56)40-29-37(48)30-49-43(40)53(46(54)58)39-13-8-12-36(28-39)35-18-14-34(15-19-35)31-52-23-9-22-51(4)24-25-52/h5-8,10-15,18-19,28-30,33,38,41H,9,16-17,20-27,31H2,1-4H3,(H,50,57)/t33?,38?,41-/m0/s1. The Bertz CT molecular complexity index is 2380. The van der Waals surface area contributed by atoms with Gasteiger partial charge in [0.05, 0.1) is 23.3 Å². The van der Waals surface area contributed by atoms with E-state index in [0.717, 1.165) is 68.1 Å². The lowest BCUT2D eigenvalue weighted by atomic mass is 9.81. The molecule has 59 heavy (non-hydrogen) atoms. The van der Waals surface area contributed by atoms with Crippen LogP contribution in [0.1, 0.15) is 76.5 Å². The van der Waals surface area contributed by atoms with E-state index in [0.29, 0.717) is 37.8 Å². The van der Waals surface area contributed by atoms with E-state index in [4.69, 9.17) is 4.74 Å². The first-order chi connectivity index (χ1) is 28.3. The van der Waals surface area contributed by atoms with Gasteiger partial charge < -0.3 is 15.0 Å². The fourth-order valence-corrected chi connectivity index (χ4v) is 8.46. The number of hydrogen-bond acceptors (Lipinski definition) is 8. The summed E-state index contributed by atoms with van der Waals surface area (Å²) in [6.45, 7) is 10.5. The number of nitrogens with zero attached hydrogens (tertiary/aromatic N) is 5. The number of Topliss-reactive ketones (excluding diaryl/α,β-unsaturated/α-hetero) is 1. The zero-order valence-corrected chi connectivity index (χ0v) is 34.5. The Morgan fingerprint density at radius 1 is 0.864 bits per heavy atom. The predicted octanol–water partition coefficient (Wildman–Crippen LogP) is 7.32. The molecule has 2 aromatic heterocycles. The topological polar surface area (TPSA) is 119 Å². The van der Waals surface area contributed by atoms with Crippen LogP contribution in [0.25, 0.3) is 27.8 Å². The van der Waals surface area contributed by atoms with Gasteiger partial charge in [-0.1, -0.05) is 66.7 Å². The number of halogens is 1. The first-order valence-electron chi connectivity index (χ1n) is 20.8. The monoisotopic (exact) mass is 802 g/mol. The number of benzene rings is 3. The van der Waals surface area contributed by atoms with E-state index in [-0.39, 0.29) is 29.2 Å². The number of carbonyl (C=O) groups is 2. The minimum absolute atomic E-state index is 0.0101. The zero-order chi connectivity index (χ0) is 41.7. The average molecular weight is 803 g/mol. The number of nitrogens with one attached hydrogen (secondary N) is 1. The molecule has 0 radical (unpaired) electrons. The Labute approximate surface area is 344 Å². The van der Waals surface area contributed by atoms with Crippen LogP contribution in [0, 0.1) is 11.7 Å². The molecule has 7 rings (SSSR count). The van der Waals surface area contributed by atoms with Crippen molar-refractivity contribution in [1.82, 2.24) is 29.2 Å². The number of rotatable bonds is 11. The third kappa shape index (κ3) is 10.4. The minimum atomic E-state index is -0.775. The smallest absolute Gasteiger partial charge is 0.408 e. The number of fused-ring (bicyclic) bond motifs is 1. The Hall–Kier alpha value is -5.46. The Balaban J connectivity index is 1.10. The van der Waals surface area contributed by atoms with Crippen LogP contribution < -0.4 is 16.6 Å². The fraction of sp³-hybridized carbons (Fsp3) is 0.426. The van der Waals surface area contributed by atoms with Gasteiger partial charge in [0.1, 0.15) is 11.4 Å².